The number of esters is 1. The molecule has 252 valence electrons. The maximum Gasteiger partial charge on any atom is 0.519 e. The summed E-state index contributed by atoms with van der Waals surface area (Å²) in [5.74, 6) is 0.818. The summed E-state index contributed by atoms with van der Waals surface area (Å²) < 4.78 is 21.7. The lowest BCUT2D eigenvalue weighted by molar-refractivity contribution is -0.134. The Balaban J connectivity index is 0.00000128. The van der Waals surface area contributed by atoms with Crippen molar-refractivity contribution in [1.82, 2.24) is 0 Å². The second-order valence-corrected chi connectivity index (χ2v) is 12.3. The zero-order valence-corrected chi connectivity index (χ0v) is 28.4. The first kappa shape index (κ1) is 36.0. The molecular formula is C41H40O8. The molecule has 5 rings (SSSR count). The van der Waals surface area contributed by atoms with Crippen molar-refractivity contribution in [2.75, 3.05) is 7.11 Å². The SMILES string of the molecule is CC(=O)O.COc1ccc(C(C)(C)c2ccc(OC(=O)Oc3ccc(C(C)(C)c4ccc(OC(=O)c5ccccc5)cc4)cc3)cc2)cc1. The highest BCUT2D eigenvalue weighted by molar-refractivity contribution is 5.91. The van der Waals surface area contributed by atoms with Gasteiger partial charge in [-0.05, 0) is 82.9 Å². The average molecular weight is 661 g/mol. The number of hydrogen-bond acceptors (Lipinski definition) is 7. The van der Waals surface area contributed by atoms with Crippen molar-refractivity contribution in [3.8, 4) is 23.0 Å². The minimum Gasteiger partial charge on any atom is -0.497 e. The number of hydrogen-bond donors (Lipinski definition) is 1. The summed E-state index contributed by atoms with van der Waals surface area (Å²) in [7, 11) is 1.65. The zero-order valence-electron chi connectivity index (χ0n) is 28.4. The lowest BCUT2D eigenvalue weighted by Crippen LogP contribution is -2.19. The third kappa shape index (κ3) is 9.58. The monoisotopic (exact) mass is 660 g/mol. The molecule has 0 heterocycles. The van der Waals surface area contributed by atoms with Gasteiger partial charge in [-0.15, -0.1) is 0 Å². The second kappa shape index (κ2) is 15.8. The predicted molar refractivity (Wildman–Crippen MR) is 188 cm³/mol. The van der Waals surface area contributed by atoms with Gasteiger partial charge in [-0.3, -0.25) is 4.79 Å². The Bertz CT molecular complexity index is 1840. The minimum absolute atomic E-state index is 0.252. The summed E-state index contributed by atoms with van der Waals surface area (Å²) in [6, 6.07) is 39.1. The molecule has 0 aliphatic heterocycles. The second-order valence-electron chi connectivity index (χ2n) is 12.3. The Hall–Kier alpha value is -5.89. The van der Waals surface area contributed by atoms with Crippen LogP contribution in [0.5, 0.6) is 23.0 Å². The van der Waals surface area contributed by atoms with E-state index in [9.17, 15) is 9.59 Å². The molecule has 0 bridgehead atoms. The van der Waals surface area contributed by atoms with Crippen molar-refractivity contribution in [3.05, 3.63) is 155 Å². The smallest absolute Gasteiger partial charge is 0.497 e. The summed E-state index contributed by atoms with van der Waals surface area (Å²) in [6.45, 7) is 9.56. The topological polar surface area (TPSA) is 108 Å². The van der Waals surface area contributed by atoms with Gasteiger partial charge in [0.2, 0.25) is 0 Å². The fraction of sp³-hybridized carbons (Fsp3) is 0.195. The molecule has 49 heavy (non-hydrogen) atoms. The molecule has 1 N–H and O–H groups in total. The van der Waals surface area contributed by atoms with Crippen LogP contribution >= 0.6 is 0 Å². The number of aliphatic carboxylic acids is 1. The van der Waals surface area contributed by atoms with Gasteiger partial charge in [0.25, 0.3) is 5.97 Å². The van der Waals surface area contributed by atoms with Gasteiger partial charge in [0.05, 0.1) is 12.7 Å². The Morgan fingerprint density at radius 3 is 1.12 bits per heavy atom. The molecule has 0 aliphatic rings. The molecule has 0 amide bonds. The van der Waals surface area contributed by atoms with Crippen LogP contribution in [0.3, 0.4) is 0 Å². The van der Waals surface area contributed by atoms with E-state index in [1.54, 1.807) is 67.8 Å². The standard InChI is InChI=1S/C39H36O6.C2H4O2/c1-38(2,28-11-19-32(42-5)20-12-28)30-15-23-34(24-16-30)44-37(41)45-35-25-17-31(18-26-35)39(3,4)29-13-21-33(22-14-29)43-36(40)27-9-7-6-8-10-27;1-2(3)4/h6-26H,1-5H3;1H3,(H,3,4). The molecule has 0 saturated heterocycles. The van der Waals surface area contributed by atoms with Crippen LogP contribution in [0, 0.1) is 0 Å². The van der Waals surface area contributed by atoms with Gasteiger partial charge in [0, 0.05) is 17.8 Å². The fourth-order valence-corrected chi connectivity index (χ4v) is 5.11. The molecule has 5 aromatic rings. The Morgan fingerprint density at radius 1 is 0.490 bits per heavy atom. The van der Waals surface area contributed by atoms with Crippen LogP contribution in [0.25, 0.3) is 0 Å². The van der Waals surface area contributed by atoms with E-state index in [1.807, 2.05) is 54.6 Å². The molecule has 0 atom stereocenters. The fourth-order valence-electron chi connectivity index (χ4n) is 5.11. The number of ether oxygens (including phenoxy) is 4. The Morgan fingerprint density at radius 2 is 0.796 bits per heavy atom. The van der Waals surface area contributed by atoms with Crippen molar-refractivity contribution >= 4 is 18.1 Å². The van der Waals surface area contributed by atoms with E-state index in [0.29, 0.717) is 22.8 Å². The first-order chi connectivity index (χ1) is 23.3. The first-order valence-electron chi connectivity index (χ1n) is 15.6. The summed E-state index contributed by atoms with van der Waals surface area (Å²) in [5.41, 5.74) is 4.16. The van der Waals surface area contributed by atoms with Crippen molar-refractivity contribution in [2.45, 2.75) is 45.4 Å². The van der Waals surface area contributed by atoms with Crippen molar-refractivity contribution in [3.63, 3.8) is 0 Å². The summed E-state index contributed by atoms with van der Waals surface area (Å²) in [5, 5.41) is 7.42. The van der Waals surface area contributed by atoms with Crippen molar-refractivity contribution in [1.29, 1.82) is 0 Å². The maximum atomic E-state index is 12.6. The Kier molecular flexibility index (Phi) is 11.6. The number of methoxy groups -OCH3 is 1. The Labute approximate surface area is 286 Å². The number of carbonyl (C=O) groups is 3. The van der Waals surface area contributed by atoms with Crippen LogP contribution in [0.1, 0.15) is 67.2 Å². The van der Waals surface area contributed by atoms with E-state index in [-0.39, 0.29) is 10.8 Å². The summed E-state index contributed by atoms with van der Waals surface area (Å²) in [4.78, 5) is 33.9. The lowest BCUT2D eigenvalue weighted by atomic mass is 9.78. The number of carboxylic acid groups (broad SMARTS) is 1. The first-order valence-corrected chi connectivity index (χ1v) is 15.6. The van der Waals surface area contributed by atoms with Crippen molar-refractivity contribution in [2.24, 2.45) is 0 Å². The zero-order chi connectivity index (χ0) is 35.6. The number of carbonyl (C=O) groups excluding carboxylic acids is 2. The molecule has 8 heteroatoms. The molecule has 5 aromatic carbocycles. The molecule has 0 fully saturated rings. The quantitative estimate of drug-likeness (QED) is 0.0947. The van der Waals surface area contributed by atoms with E-state index in [1.165, 1.54) is 0 Å². The van der Waals surface area contributed by atoms with E-state index in [2.05, 4.69) is 39.8 Å². The predicted octanol–water partition coefficient (Wildman–Crippen LogP) is 9.23. The third-order valence-electron chi connectivity index (χ3n) is 8.16. The average Bonchev–Trinajstić information content (AvgIpc) is 3.09. The molecule has 8 nitrogen and oxygen atoms in total. The van der Waals surface area contributed by atoms with Crippen LogP contribution in [-0.2, 0) is 15.6 Å². The summed E-state index contributed by atoms with van der Waals surface area (Å²) >= 11 is 0. The highest BCUT2D eigenvalue weighted by Gasteiger charge is 2.25. The van der Waals surface area contributed by atoms with E-state index >= 15 is 0 Å². The molecule has 0 unspecified atom stereocenters. The van der Waals surface area contributed by atoms with Gasteiger partial charge in [-0.25, -0.2) is 9.59 Å². The van der Waals surface area contributed by atoms with Gasteiger partial charge < -0.3 is 24.1 Å². The normalized spacial score (nSPS) is 11.0. The third-order valence-corrected chi connectivity index (χ3v) is 8.16. The number of benzene rings is 5. The summed E-state index contributed by atoms with van der Waals surface area (Å²) in [6.07, 6.45) is -0.815. The van der Waals surface area contributed by atoms with Gasteiger partial charge in [0.1, 0.15) is 23.0 Å². The molecule has 0 aromatic heterocycles. The van der Waals surface area contributed by atoms with Crippen LogP contribution in [0.15, 0.2) is 127 Å². The van der Waals surface area contributed by atoms with E-state index in [0.717, 1.165) is 34.9 Å². The number of carboxylic acids is 1. The van der Waals surface area contributed by atoms with Gasteiger partial charge >= 0.3 is 12.1 Å². The van der Waals surface area contributed by atoms with Crippen LogP contribution in [-0.4, -0.2) is 30.3 Å². The molecule has 0 aliphatic carbocycles. The van der Waals surface area contributed by atoms with Crippen LogP contribution in [0.4, 0.5) is 4.79 Å². The maximum absolute atomic E-state index is 12.6. The van der Waals surface area contributed by atoms with E-state index < -0.39 is 18.1 Å². The number of rotatable bonds is 9. The highest BCUT2D eigenvalue weighted by atomic mass is 16.7. The van der Waals surface area contributed by atoms with Gasteiger partial charge in [-0.1, -0.05) is 94.4 Å². The molecule has 0 saturated carbocycles. The lowest BCUT2D eigenvalue weighted by Gasteiger charge is -2.26. The molecule has 0 radical (unpaired) electrons. The highest BCUT2D eigenvalue weighted by Crippen LogP contribution is 2.35. The molecular weight excluding hydrogens is 620 g/mol. The van der Waals surface area contributed by atoms with Gasteiger partial charge in [0.15, 0.2) is 0 Å². The van der Waals surface area contributed by atoms with Crippen molar-refractivity contribution < 1.29 is 38.4 Å². The van der Waals surface area contributed by atoms with Crippen LogP contribution < -0.4 is 18.9 Å². The minimum atomic E-state index is -0.833. The van der Waals surface area contributed by atoms with Gasteiger partial charge in [-0.2, -0.15) is 0 Å². The van der Waals surface area contributed by atoms with E-state index in [4.69, 9.17) is 28.8 Å². The van der Waals surface area contributed by atoms with Crippen LogP contribution in [0.2, 0.25) is 0 Å². The largest absolute Gasteiger partial charge is 0.519 e. The molecule has 0 spiro atoms.